The number of halogens is 3. The molecule has 142 valence electrons. The zero-order chi connectivity index (χ0) is 19.3. The summed E-state index contributed by atoms with van der Waals surface area (Å²) < 4.78 is 45.5. The Morgan fingerprint density at radius 2 is 2.07 bits per heavy atom. The molecule has 0 aliphatic heterocycles. The van der Waals surface area contributed by atoms with E-state index in [0.29, 0.717) is 17.4 Å². The van der Waals surface area contributed by atoms with E-state index in [4.69, 9.17) is 4.74 Å². The fourth-order valence-corrected chi connectivity index (χ4v) is 3.21. The Morgan fingerprint density at radius 3 is 2.78 bits per heavy atom. The Morgan fingerprint density at radius 1 is 1.22 bits per heavy atom. The molecule has 0 aliphatic carbocycles. The summed E-state index contributed by atoms with van der Waals surface area (Å²) in [5.41, 5.74) is 1.32. The predicted molar refractivity (Wildman–Crippen MR) is 100 cm³/mol. The molecule has 0 saturated carbocycles. The van der Waals surface area contributed by atoms with Gasteiger partial charge in [0.05, 0.1) is 17.9 Å². The lowest BCUT2D eigenvalue weighted by molar-refractivity contribution is -0.138. The molecule has 27 heavy (non-hydrogen) atoms. The molecule has 1 aromatic carbocycles. The maximum absolute atomic E-state index is 13.4. The van der Waals surface area contributed by atoms with Crippen molar-refractivity contribution in [1.82, 2.24) is 9.97 Å². The van der Waals surface area contributed by atoms with Crippen LogP contribution in [0.2, 0.25) is 0 Å². The van der Waals surface area contributed by atoms with Crippen molar-refractivity contribution in [2.45, 2.75) is 26.1 Å². The van der Waals surface area contributed by atoms with Crippen molar-refractivity contribution < 1.29 is 17.9 Å². The number of hydrogen-bond acceptors (Lipinski definition) is 5. The summed E-state index contributed by atoms with van der Waals surface area (Å²) in [5, 5.41) is 5.29. The van der Waals surface area contributed by atoms with Crippen molar-refractivity contribution in [1.29, 1.82) is 0 Å². The first-order chi connectivity index (χ1) is 13.0. The average Bonchev–Trinajstić information content (AvgIpc) is 3.11. The van der Waals surface area contributed by atoms with Crippen LogP contribution in [0.15, 0.2) is 48.1 Å². The monoisotopic (exact) mass is 393 g/mol. The number of nitrogens with one attached hydrogen (secondary N) is 1. The van der Waals surface area contributed by atoms with Gasteiger partial charge < -0.3 is 10.1 Å². The number of nitrogens with zero attached hydrogens (tertiary/aromatic N) is 2. The average molecular weight is 393 g/mol. The van der Waals surface area contributed by atoms with E-state index in [2.05, 4.69) is 15.3 Å². The van der Waals surface area contributed by atoms with Crippen LogP contribution in [0.4, 0.5) is 24.0 Å². The van der Waals surface area contributed by atoms with Crippen LogP contribution in [0.1, 0.15) is 24.5 Å². The third kappa shape index (κ3) is 5.05. The summed E-state index contributed by atoms with van der Waals surface area (Å²) >= 11 is 1.32. The molecule has 0 bridgehead atoms. The molecule has 2 heterocycles. The summed E-state index contributed by atoms with van der Waals surface area (Å²) in [5.74, 6) is 0. The smallest absolute Gasteiger partial charge is 0.377 e. The highest BCUT2D eigenvalue weighted by molar-refractivity contribution is 7.14. The van der Waals surface area contributed by atoms with Crippen LogP contribution >= 0.6 is 11.3 Å². The lowest BCUT2D eigenvalue weighted by Gasteiger charge is -2.15. The molecule has 0 atom stereocenters. The highest BCUT2D eigenvalue weighted by Gasteiger charge is 2.33. The first-order valence-electron chi connectivity index (χ1n) is 8.38. The van der Waals surface area contributed by atoms with Gasteiger partial charge in [-0.3, -0.25) is 4.98 Å². The van der Waals surface area contributed by atoms with E-state index >= 15 is 0 Å². The second-order valence-corrected chi connectivity index (χ2v) is 6.68. The van der Waals surface area contributed by atoms with Crippen molar-refractivity contribution in [3.63, 3.8) is 0 Å². The predicted octanol–water partition coefficient (Wildman–Crippen LogP) is 5.89. The number of pyridine rings is 1. The van der Waals surface area contributed by atoms with Gasteiger partial charge in [0.25, 0.3) is 0 Å². The van der Waals surface area contributed by atoms with Crippen LogP contribution in [-0.2, 0) is 17.5 Å². The normalized spacial score (nSPS) is 11.6. The Labute approximate surface area is 159 Å². The molecule has 1 N–H and O–H groups in total. The number of alkyl halides is 3. The lowest BCUT2D eigenvalue weighted by Crippen LogP contribution is -2.11. The number of anilines is 2. The number of ether oxygens (including phenoxy) is 1. The highest BCUT2D eigenvalue weighted by Crippen LogP contribution is 2.35. The molecule has 4 nitrogen and oxygen atoms in total. The van der Waals surface area contributed by atoms with Gasteiger partial charge in [-0.1, -0.05) is 13.0 Å². The fourth-order valence-electron chi connectivity index (χ4n) is 2.47. The first-order valence-corrected chi connectivity index (χ1v) is 9.26. The number of aromatic nitrogens is 2. The maximum Gasteiger partial charge on any atom is 0.416 e. The van der Waals surface area contributed by atoms with Crippen molar-refractivity contribution in [3.8, 4) is 11.3 Å². The molecular weight excluding hydrogens is 375 g/mol. The Hall–Kier alpha value is -2.45. The van der Waals surface area contributed by atoms with E-state index in [9.17, 15) is 13.2 Å². The summed E-state index contributed by atoms with van der Waals surface area (Å²) in [6, 6.07) is 7.81. The summed E-state index contributed by atoms with van der Waals surface area (Å²) in [4.78, 5) is 8.45. The Balaban J connectivity index is 1.80. The van der Waals surface area contributed by atoms with Crippen LogP contribution in [0.25, 0.3) is 11.3 Å². The molecule has 0 saturated heterocycles. The lowest BCUT2D eigenvalue weighted by atomic mass is 10.1. The molecule has 0 radical (unpaired) electrons. The quantitative estimate of drug-likeness (QED) is 0.508. The topological polar surface area (TPSA) is 47.0 Å². The molecule has 0 amide bonds. The van der Waals surface area contributed by atoms with Crippen molar-refractivity contribution >= 4 is 22.2 Å². The minimum absolute atomic E-state index is 0.0641. The second-order valence-electron chi connectivity index (χ2n) is 5.83. The zero-order valence-corrected chi connectivity index (χ0v) is 15.4. The number of benzene rings is 1. The third-order valence-electron chi connectivity index (χ3n) is 3.73. The summed E-state index contributed by atoms with van der Waals surface area (Å²) in [6.45, 7) is 2.27. The van der Waals surface area contributed by atoms with E-state index in [1.165, 1.54) is 17.4 Å². The van der Waals surface area contributed by atoms with Crippen molar-refractivity contribution in [3.05, 3.63) is 59.2 Å². The van der Waals surface area contributed by atoms with Gasteiger partial charge in [-0.2, -0.15) is 13.2 Å². The summed E-state index contributed by atoms with van der Waals surface area (Å²) in [7, 11) is 0. The highest BCUT2D eigenvalue weighted by atomic mass is 32.1. The molecular formula is C19H18F3N3OS. The van der Waals surface area contributed by atoms with Crippen LogP contribution in [0, 0.1) is 0 Å². The molecule has 2 aromatic heterocycles. The van der Waals surface area contributed by atoms with Crippen LogP contribution < -0.4 is 5.32 Å². The van der Waals surface area contributed by atoms with Gasteiger partial charge in [-0.15, -0.1) is 11.3 Å². The van der Waals surface area contributed by atoms with E-state index in [1.54, 1.807) is 24.5 Å². The minimum atomic E-state index is -4.45. The first kappa shape index (κ1) is 19.3. The van der Waals surface area contributed by atoms with Gasteiger partial charge >= 0.3 is 6.18 Å². The van der Waals surface area contributed by atoms with E-state index in [1.807, 2.05) is 18.4 Å². The van der Waals surface area contributed by atoms with Crippen molar-refractivity contribution in [2.24, 2.45) is 0 Å². The van der Waals surface area contributed by atoms with Crippen molar-refractivity contribution in [2.75, 3.05) is 11.9 Å². The van der Waals surface area contributed by atoms with E-state index in [0.717, 1.165) is 23.7 Å². The van der Waals surface area contributed by atoms with Gasteiger partial charge in [-0.25, -0.2) is 4.98 Å². The second kappa shape index (κ2) is 8.49. The van der Waals surface area contributed by atoms with Crippen LogP contribution in [0.3, 0.4) is 0 Å². The number of hydrogen-bond donors (Lipinski definition) is 1. The summed E-state index contributed by atoms with van der Waals surface area (Å²) in [6.07, 6.45) is -0.345. The van der Waals surface area contributed by atoms with E-state index < -0.39 is 11.7 Å². The number of thiazole rings is 1. The number of rotatable bonds is 7. The molecule has 8 heteroatoms. The van der Waals surface area contributed by atoms with Crippen LogP contribution in [-0.4, -0.2) is 16.6 Å². The molecule has 3 aromatic rings. The van der Waals surface area contributed by atoms with Gasteiger partial charge in [0.15, 0.2) is 5.13 Å². The SMILES string of the molecule is CCCOCc1ccc(Nc2nc(-c3cccnc3)cs2)cc1C(F)(F)F. The van der Waals surface area contributed by atoms with Crippen LogP contribution in [0.5, 0.6) is 0 Å². The maximum atomic E-state index is 13.4. The standard InChI is InChI=1S/C19H18F3N3OS/c1-2-8-26-11-14-5-6-15(9-16(14)19(20,21)22)24-18-25-17(12-27-18)13-4-3-7-23-10-13/h3-7,9-10,12H,2,8,11H2,1H3,(H,24,25). The van der Waals surface area contributed by atoms with E-state index in [-0.39, 0.29) is 12.2 Å². The minimum Gasteiger partial charge on any atom is -0.377 e. The Bertz CT molecular complexity index is 881. The Kier molecular flexibility index (Phi) is 6.08. The molecule has 3 rings (SSSR count). The van der Waals surface area contributed by atoms with Gasteiger partial charge in [0.2, 0.25) is 0 Å². The third-order valence-corrected chi connectivity index (χ3v) is 4.49. The molecule has 0 spiro atoms. The van der Waals surface area contributed by atoms with Gasteiger partial charge in [0.1, 0.15) is 0 Å². The van der Waals surface area contributed by atoms with Gasteiger partial charge in [0, 0.05) is 35.6 Å². The molecule has 0 unspecified atom stereocenters. The zero-order valence-electron chi connectivity index (χ0n) is 14.6. The molecule has 0 fully saturated rings. The molecule has 0 aliphatic rings. The fraction of sp³-hybridized carbons (Fsp3) is 0.263. The largest absolute Gasteiger partial charge is 0.416 e. The van der Waals surface area contributed by atoms with Gasteiger partial charge in [-0.05, 0) is 36.2 Å².